The van der Waals surface area contributed by atoms with Gasteiger partial charge in [-0.25, -0.2) is 0 Å². The summed E-state index contributed by atoms with van der Waals surface area (Å²) in [6.07, 6.45) is 0. The Morgan fingerprint density at radius 1 is 1.47 bits per heavy atom. The Morgan fingerprint density at radius 3 is 2.59 bits per heavy atom. The number of rotatable bonds is 3. The molecule has 0 radical (unpaired) electrons. The van der Waals surface area contributed by atoms with E-state index in [9.17, 15) is 4.79 Å². The van der Waals surface area contributed by atoms with Gasteiger partial charge in [-0.1, -0.05) is 17.7 Å². The maximum Gasteiger partial charge on any atom is 0.252 e. The van der Waals surface area contributed by atoms with E-state index in [-0.39, 0.29) is 18.3 Å². The number of nitrogens with two attached hydrogens (primary N) is 1. The molecule has 1 amide bonds. The van der Waals surface area contributed by atoms with E-state index in [0.717, 1.165) is 5.56 Å². The van der Waals surface area contributed by atoms with Gasteiger partial charge in [-0.3, -0.25) is 4.79 Å². The number of hydrogen-bond donors (Lipinski definition) is 2. The Hall–Kier alpha value is -0.770. The van der Waals surface area contributed by atoms with Gasteiger partial charge in [0.1, 0.15) is 0 Å². The fraction of sp³-hybridized carbons (Fsp3) is 0.417. The number of carbonyl (C=O) groups is 1. The highest BCUT2D eigenvalue weighted by Crippen LogP contribution is 2.19. The first-order chi connectivity index (χ1) is 7.37. The molecule has 0 saturated carbocycles. The summed E-state index contributed by atoms with van der Waals surface area (Å²) >= 11 is 5.96. The summed E-state index contributed by atoms with van der Waals surface area (Å²) < 4.78 is 0. The molecule has 3 N–H and O–H groups in total. The van der Waals surface area contributed by atoms with Gasteiger partial charge in [-0.15, -0.1) is 12.4 Å². The average molecular weight is 277 g/mol. The summed E-state index contributed by atoms with van der Waals surface area (Å²) in [6.45, 7) is 5.97. The molecule has 0 heterocycles. The van der Waals surface area contributed by atoms with E-state index in [4.69, 9.17) is 17.3 Å². The lowest BCUT2D eigenvalue weighted by Gasteiger charge is -2.24. The maximum atomic E-state index is 12.0. The van der Waals surface area contributed by atoms with Gasteiger partial charge in [0.05, 0.1) is 0 Å². The summed E-state index contributed by atoms with van der Waals surface area (Å²) in [5.41, 5.74) is 6.53. The molecule has 1 rings (SSSR count). The Bertz CT molecular complexity index is 405. The molecule has 96 valence electrons. The highest BCUT2D eigenvalue weighted by atomic mass is 35.5. The minimum atomic E-state index is -0.411. The summed E-state index contributed by atoms with van der Waals surface area (Å²) in [7, 11) is 0. The van der Waals surface area contributed by atoms with Crippen molar-refractivity contribution >= 4 is 29.9 Å². The molecule has 0 aliphatic carbocycles. The minimum Gasteiger partial charge on any atom is -0.346 e. The van der Waals surface area contributed by atoms with Gasteiger partial charge in [-0.05, 0) is 38.5 Å². The van der Waals surface area contributed by atoms with Crippen molar-refractivity contribution in [3.05, 3.63) is 34.3 Å². The van der Waals surface area contributed by atoms with Crippen molar-refractivity contribution in [3.63, 3.8) is 0 Å². The van der Waals surface area contributed by atoms with Crippen molar-refractivity contribution in [2.45, 2.75) is 26.3 Å². The van der Waals surface area contributed by atoms with Crippen LogP contribution in [0.3, 0.4) is 0 Å². The molecule has 17 heavy (non-hydrogen) atoms. The van der Waals surface area contributed by atoms with Crippen LogP contribution in [-0.2, 0) is 0 Å². The smallest absolute Gasteiger partial charge is 0.252 e. The van der Waals surface area contributed by atoms with Gasteiger partial charge in [0.15, 0.2) is 0 Å². The number of nitrogens with one attached hydrogen (secondary N) is 1. The first-order valence-corrected chi connectivity index (χ1v) is 5.53. The highest BCUT2D eigenvalue weighted by Gasteiger charge is 2.20. The van der Waals surface area contributed by atoms with Crippen LogP contribution in [0.1, 0.15) is 29.8 Å². The molecule has 0 saturated heterocycles. The first-order valence-electron chi connectivity index (χ1n) is 5.15. The van der Waals surface area contributed by atoms with Crippen LogP contribution in [0, 0.1) is 6.92 Å². The van der Waals surface area contributed by atoms with Crippen LogP contribution in [0.15, 0.2) is 18.2 Å². The second kappa shape index (κ2) is 6.24. The lowest BCUT2D eigenvalue weighted by atomic mass is 10.0. The van der Waals surface area contributed by atoms with E-state index in [1.165, 1.54) is 0 Å². The third-order valence-electron chi connectivity index (χ3n) is 2.47. The van der Waals surface area contributed by atoms with Gasteiger partial charge in [0.2, 0.25) is 0 Å². The summed E-state index contributed by atoms with van der Waals surface area (Å²) in [5.74, 6) is -0.143. The molecule has 0 aliphatic rings. The lowest BCUT2D eigenvalue weighted by molar-refractivity contribution is 0.0915. The number of halogens is 2. The van der Waals surface area contributed by atoms with Crippen molar-refractivity contribution in [3.8, 4) is 0 Å². The SMILES string of the molecule is Cc1c(Cl)cccc1C(=O)NC(C)(C)CN.Cl. The molecule has 5 heteroatoms. The van der Waals surface area contributed by atoms with Crippen LogP contribution in [0.5, 0.6) is 0 Å². The standard InChI is InChI=1S/C12H17ClN2O.ClH/c1-8-9(5-4-6-10(8)13)11(16)15-12(2,3)7-14;/h4-6H,7,14H2,1-3H3,(H,15,16);1H. The van der Waals surface area contributed by atoms with Gasteiger partial charge in [0, 0.05) is 22.7 Å². The third kappa shape index (κ3) is 4.19. The van der Waals surface area contributed by atoms with Gasteiger partial charge < -0.3 is 11.1 Å². The predicted octanol–water partition coefficient (Wildman–Crippen LogP) is 2.54. The quantitative estimate of drug-likeness (QED) is 0.892. The monoisotopic (exact) mass is 276 g/mol. The van der Waals surface area contributed by atoms with Crippen LogP contribution < -0.4 is 11.1 Å². The average Bonchev–Trinajstić information content (AvgIpc) is 2.21. The van der Waals surface area contributed by atoms with Crippen LogP contribution in [0.25, 0.3) is 0 Å². The topological polar surface area (TPSA) is 55.1 Å². The molecule has 0 fully saturated rings. The van der Waals surface area contributed by atoms with Crippen molar-refractivity contribution in [2.75, 3.05) is 6.54 Å². The van der Waals surface area contributed by atoms with E-state index >= 15 is 0 Å². The molecule has 1 aromatic carbocycles. The molecule has 0 bridgehead atoms. The zero-order valence-electron chi connectivity index (χ0n) is 10.2. The van der Waals surface area contributed by atoms with Crippen LogP contribution in [0.4, 0.5) is 0 Å². The normalized spacial score (nSPS) is 10.6. The number of carbonyl (C=O) groups excluding carboxylic acids is 1. The summed E-state index contributed by atoms with van der Waals surface area (Å²) in [4.78, 5) is 12.0. The molecule has 0 aliphatic heterocycles. The zero-order valence-corrected chi connectivity index (χ0v) is 11.8. The third-order valence-corrected chi connectivity index (χ3v) is 2.88. The molecule has 0 atom stereocenters. The van der Waals surface area contributed by atoms with Crippen molar-refractivity contribution in [1.29, 1.82) is 0 Å². The minimum absolute atomic E-state index is 0. The van der Waals surface area contributed by atoms with Gasteiger partial charge >= 0.3 is 0 Å². The van der Waals surface area contributed by atoms with Crippen molar-refractivity contribution < 1.29 is 4.79 Å². The second-order valence-corrected chi connectivity index (χ2v) is 4.86. The fourth-order valence-electron chi connectivity index (χ4n) is 1.28. The van der Waals surface area contributed by atoms with Gasteiger partial charge in [-0.2, -0.15) is 0 Å². The summed E-state index contributed by atoms with van der Waals surface area (Å²) in [6, 6.07) is 5.28. The number of benzene rings is 1. The molecule has 3 nitrogen and oxygen atoms in total. The molecule has 0 unspecified atom stereocenters. The highest BCUT2D eigenvalue weighted by molar-refractivity contribution is 6.31. The Morgan fingerprint density at radius 2 is 2.06 bits per heavy atom. The molecular formula is C12H18Cl2N2O. The van der Waals surface area contributed by atoms with Crippen molar-refractivity contribution in [1.82, 2.24) is 5.32 Å². The largest absolute Gasteiger partial charge is 0.346 e. The van der Waals surface area contributed by atoms with Gasteiger partial charge in [0.25, 0.3) is 5.91 Å². The Balaban J connectivity index is 0.00000256. The Kier molecular flexibility index (Phi) is 5.96. The number of hydrogen-bond acceptors (Lipinski definition) is 2. The molecule has 0 aromatic heterocycles. The number of amides is 1. The molecule has 1 aromatic rings. The second-order valence-electron chi connectivity index (χ2n) is 4.45. The fourth-order valence-corrected chi connectivity index (χ4v) is 1.45. The van der Waals surface area contributed by atoms with Crippen molar-refractivity contribution in [2.24, 2.45) is 5.73 Å². The van der Waals surface area contributed by atoms with Crippen LogP contribution >= 0.6 is 24.0 Å². The van der Waals surface area contributed by atoms with E-state index < -0.39 is 5.54 Å². The van der Waals surface area contributed by atoms with E-state index in [0.29, 0.717) is 17.1 Å². The van der Waals surface area contributed by atoms with Crippen LogP contribution in [0.2, 0.25) is 5.02 Å². The maximum absolute atomic E-state index is 12.0. The summed E-state index contributed by atoms with van der Waals surface area (Å²) in [5, 5.41) is 3.46. The lowest BCUT2D eigenvalue weighted by Crippen LogP contribution is -2.49. The molecule has 0 spiro atoms. The van der Waals surface area contributed by atoms with E-state index in [2.05, 4.69) is 5.32 Å². The first kappa shape index (κ1) is 16.2. The Labute approximate surface area is 113 Å². The van der Waals surface area contributed by atoms with Crippen LogP contribution in [-0.4, -0.2) is 18.0 Å². The molecular weight excluding hydrogens is 259 g/mol. The predicted molar refractivity (Wildman–Crippen MR) is 74.0 cm³/mol. The zero-order chi connectivity index (χ0) is 12.3. The van der Waals surface area contributed by atoms with E-state index in [1.54, 1.807) is 18.2 Å². The van der Waals surface area contributed by atoms with E-state index in [1.807, 2.05) is 20.8 Å².